The zero-order valence-corrected chi connectivity index (χ0v) is 11.4. The second-order valence-electron chi connectivity index (χ2n) is 5.77. The van der Waals surface area contributed by atoms with Crippen LogP contribution in [0.2, 0.25) is 0 Å². The van der Waals surface area contributed by atoms with Gasteiger partial charge < -0.3 is 5.32 Å². The Labute approximate surface area is 109 Å². The van der Waals surface area contributed by atoms with Crippen molar-refractivity contribution in [2.45, 2.75) is 45.6 Å². The highest BCUT2D eigenvalue weighted by molar-refractivity contribution is 5.82. The predicted molar refractivity (Wildman–Crippen MR) is 70.2 cm³/mol. The van der Waals surface area contributed by atoms with E-state index in [1.165, 1.54) is 0 Å². The van der Waals surface area contributed by atoms with E-state index >= 15 is 0 Å². The van der Waals surface area contributed by atoms with Gasteiger partial charge in [-0.25, -0.2) is 0 Å². The maximum Gasteiger partial charge on any atom is 0.220 e. The Balaban J connectivity index is 1.84. The van der Waals surface area contributed by atoms with E-state index in [9.17, 15) is 9.59 Å². The highest BCUT2D eigenvalue weighted by Gasteiger charge is 2.34. The monoisotopic (exact) mass is 252 g/mol. The summed E-state index contributed by atoms with van der Waals surface area (Å²) in [6.45, 7) is 6.56. The normalized spacial score (nSPS) is 30.4. The molecule has 0 spiro atoms. The van der Waals surface area contributed by atoms with Crippen LogP contribution >= 0.6 is 0 Å². The van der Waals surface area contributed by atoms with Gasteiger partial charge in [0.15, 0.2) is 0 Å². The first-order valence-electron chi connectivity index (χ1n) is 7.14. The molecule has 2 aliphatic heterocycles. The van der Waals surface area contributed by atoms with E-state index in [2.05, 4.69) is 17.1 Å². The van der Waals surface area contributed by atoms with Crippen LogP contribution in [0.5, 0.6) is 0 Å². The molecule has 4 nitrogen and oxygen atoms in total. The number of nitrogens with zero attached hydrogens (tertiary/aromatic N) is 1. The number of hydrogen-bond donors (Lipinski definition) is 1. The van der Waals surface area contributed by atoms with Crippen molar-refractivity contribution in [2.75, 3.05) is 19.6 Å². The lowest BCUT2D eigenvalue weighted by molar-refractivity contribution is -0.127. The zero-order chi connectivity index (χ0) is 13.1. The number of carbonyl (C=O) groups excluding carboxylic acids is 2. The van der Waals surface area contributed by atoms with Gasteiger partial charge in [-0.3, -0.25) is 14.5 Å². The Hall–Kier alpha value is -0.900. The first kappa shape index (κ1) is 13.5. The average Bonchev–Trinajstić information content (AvgIpc) is 2.38. The van der Waals surface area contributed by atoms with Crippen molar-refractivity contribution in [3.05, 3.63) is 0 Å². The fourth-order valence-electron chi connectivity index (χ4n) is 2.93. The van der Waals surface area contributed by atoms with Crippen LogP contribution in [0, 0.1) is 11.8 Å². The predicted octanol–water partition coefficient (Wildman–Crippen LogP) is 1.20. The number of ketones is 1. The van der Waals surface area contributed by atoms with Gasteiger partial charge in [0.25, 0.3) is 0 Å². The SMILES string of the molecule is CCC(C)C(=O)CN1CCC2NC(=O)CCC2C1. The standard InChI is InChI=1S/C14H24N2O2/c1-3-10(2)13(17)9-16-7-6-12-11(8-16)4-5-14(18)15-12/h10-12H,3-9H2,1-2H3,(H,15,18). The number of Topliss-reactive ketones (excluding diaryl/α,β-unsaturated/α-hetero) is 1. The van der Waals surface area contributed by atoms with Crippen molar-refractivity contribution >= 4 is 11.7 Å². The number of hydrogen-bond acceptors (Lipinski definition) is 3. The largest absolute Gasteiger partial charge is 0.353 e. The maximum absolute atomic E-state index is 11.9. The Bertz CT molecular complexity index is 330. The summed E-state index contributed by atoms with van der Waals surface area (Å²) in [7, 11) is 0. The summed E-state index contributed by atoms with van der Waals surface area (Å²) in [5, 5.41) is 3.08. The molecular weight excluding hydrogens is 228 g/mol. The number of fused-ring (bicyclic) bond motifs is 1. The summed E-state index contributed by atoms with van der Waals surface area (Å²) in [4.78, 5) is 25.5. The Morgan fingerprint density at radius 3 is 3.00 bits per heavy atom. The van der Waals surface area contributed by atoms with Gasteiger partial charge in [-0.2, -0.15) is 0 Å². The van der Waals surface area contributed by atoms with Crippen LogP contribution in [-0.2, 0) is 9.59 Å². The average molecular weight is 252 g/mol. The topological polar surface area (TPSA) is 49.4 Å². The summed E-state index contributed by atoms with van der Waals surface area (Å²) in [6, 6.07) is 0.348. The first-order chi connectivity index (χ1) is 8.60. The van der Waals surface area contributed by atoms with Gasteiger partial charge >= 0.3 is 0 Å². The minimum absolute atomic E-state index is 0.175. The molecule has 2 fully saturated rings. The number of piperidine rings is 2. The van der Waals surface area contributed by atoms with Crippen molar-refractivity contribution in [1.82, 2.24) is 10.2 Å². The zero-order valence-electron chi connectivity index (χ0n) is 11.4. The second-order valence-corrected chi connectivity index (χ2v) is 5.77. The number of rotatable bonds is 4. The molecule has 0 radical (unpaired) electrons. The molecular formula is C14H24N2O2. The minimum atomic E-state index is 0.175. The molecule has 102 valence electrons. The number of nitrogens with one attached hydrogen (secondary N) is 1. The number of amides is 1. The number of carbonyl (C=O) groups is 2. The van der Waals surface area contributed by atoms with Gasteiger partial charge in [0.2, 0.25) is 5.91 Å². The van der Waals surface area contributed by atoms with E-state index < -0.39 is 0 Å². The Morgan fingerprint density at radius 1 is 1.50 bits per heavy atom. The molecule has 1 N–H and O–H groups in total. The lowest BCUT2D eigenvalue weighted by atomic mass is 9.85. The van der Waals surface area contributed by atoms with Crippen LogP contribution < -0.4 is 5.32 Å². The van der Waals surface area contributed by atoms with E-state index in [0.29, 0.717) is 30.7 Å². The maximum atomic E-state index is 11.9. The van der Waals surface area contributed by atoms with E-state index in [0.717, 1.165) is 32.4 Å². The van der Waals surface area contributed by atoms with Crippen LogP contribution in [0.25, 0.3) is 0 Å². The fraction of sp³-hybridized carbons (Fsp3) is 0.857. The van der Waals surface area contributed by atoms with Gasteiger partial charge in [0.05, 0.1) is 6.54 Å². The quantitative estimate of drug-likeness (QED) is 0.818. The van der Waals surface area contributed by atoms with Gasteiger partial charge in [-0.1, -0.05) is 13.8 Å². The first-order valence-corrected chi connectivity index (χ1v) is 7.14. The molecule has 2 heterocycles. The molecule has 0 aromatic carbocycles. The summed E-state index contributed by atoms with van der Waals surface area (Å²) in [5.74, 6) is 1.27. The molecule has 3 unspecified atom stereocenters. The van der Waals surface area contributed by atoms with E-state index in [1.54, 1.807) is 0 Å². The number of likely N-dealkylation sites (tertiary alicyclic amines) is 1. The van der Waals surface area contributed by atoms with Crippen molar-refractivity contribution in [1.29, 1.82) is 0 Å². The Morgan fingerprint density at radius 2 is 2.28 bits per heavy atom. The molecule has 0 aliphatic carbocycles. The Kier molecular flexibility index (Phi) is 4.38. The smallest absolute Gasteiger partial charge is 0.220 e. The third-order valence-corrected chi connectivity index (χ3v) is 4.45. The van der Waals surface area contributed by atoms with E-state index in [-0.39, 0.29) is 11.8 Å². The van der Waals surface area contributed by atoms with Crippen LogP contribution in [0.4, 0.5) is 0 Å². The third kappa shape index (κ3) is 3.10. The molecule has 0 saturated carbocycles. The fourth-order valence-corrected chi connectivity index (χ4v) is 2.93. The second kappa shape index (κ2) is 5.83. The summed E-state index contributed by atoms with van der Waals surface area (Å²) in [6.07, 6.45) is 3.54. The molecule has 18 heavy (non-hydrogen) atoms. The lowest BCUT2D eigenvalue weighted by Gasteiger charge is -2.41. The minimum Gasteiger partial charge on any atom is -0.353 e. The molecule has 4 heteroatoms. The van der Waals surface area contributed by atoms with Crippen molar-refractivity contribution in [3.8, 4) is 0 Å². The molecule has 0 aromatic heterocycles. The summed E-state index contributed by atoms with van der Waals surface area (Å²) >= 11 is 0. The summed E-state index contributed by atoms with van der Waals surface area (Å²) < 4.78 is 0. The van der Waals surface area contributed by atoms with Gasteiger partial charge in [-0.15, -0.1) is 0 Å². The molecule has 2 aliphatic rings. The molecule has 0 bridgehead atoms. The van der Waals surface area contributed by atoms with Crippen LogP contribution in [0.1, 0.15) is 39.5 Å². The van der Waals surface area contributed by atoms with Gasteiger partial charge in [0, 0.05) is 31.5 Å². The van der Waals surface area contributed by atoms with Crippen LogP contribution in [0.15, 0.2) is 0 Å². The molecule has 0 aromatic rings. The molecule has 3 atom stereocenters. The summed E-state index contributed by atoms with van der Waals surface area (Å²) in [5.41, 5.74) is 0. The lowest BCUT2D eigenvalue weighted by Crippen LogP contribution is -2.54. The molecule has 2 rings (SSSR count). The van der Waals surface area contributed by atoms with E-state index in [4.69, 9.17) is 0 Å². The molecule has 1 amide bonds. The third-order valence-electron chi connectivity index (χ3n) is 4.45. The van der Waals surface area contributed by atoms with Gasteiger partial charge in [0.1, 0.15) is 5.78 Å². The molecule has 2 saturated heterocycles. The van der Waals surface area contributed by atoms with Crippen molar-refractivity contribution in [3.63, 3.8) is 0 Å². The van der Waals surface area contributed by atoms with Crippen LogP contribution in [0.3, 0.4) is 0 Å². The highest BCUT2D eigenvalue weighted by Crippen LogP contribution is 2.25. The van der Waals surface area contributed by atoms with E-state index in [1.807, 2.05) is 6.92 Å². The van der Waals surface area contributed by atoms with Crippen LogP contribution in [-0.4, -0.2) is 42.3 Å². The van der Waals surface area contributed by atoms with Crippen molar-refractivity contribution < 1.29 is 9.59 Å². The van der Waals surface area contributed by atoms with Gasteiger partial charge in [-0.05, 0) is 25.2 Å². The van der Waals surface area contributed by atoms with Crippen molar-refractivity contribution in [2.24, 2.45) is 11.8 Å². The highest BCUT2D eigenvalue weighted by atomic mass is 16.1.